The molecule has 0 radical (unpaired) electrons. The molecule has 4 aromatic rings. The van der Waals surface area contributed by atoms with Crippen molar-refractivity contribution >= 4 is 28.7 Å². The molecule has 4 heterocycles. The molecule has 3 N–H and O–H groups in total. The molecule has 0 saturated carbocycles. The predicted octanol–water partition coefficient (Wildman–Crippen LogP) is 5.18. The number of benzene rings is 1. The standard InChI is InChI=1S/C25H26N4O4.C2HF3O2/c30-25(31)19(21-15-17-5-1-2-8-20(17)32-21)12-13-23-28-22(29-33-23)9-3-7-18-11-10-16-6-4-14-26-24(16)27-18;3-2(4,5)1(6)7/h1-2,5,8,10-11,15,19H,3-4,6-7,9,12-14H2,(H,26,27)(H,30,31);(H,6,7). The van der Waals surface area contributed by atoms with Crippen molar-refractivity contribution in [3.8, 4) is 0 Å². The van der Waals surface area contributed by atoms with Gasteiger partial charge in [0.25, 0.3) is 0 Å². The van der Waals surface area contributed by atoms with E-state index in [9.17, 15) is 23.1 Å². The number of alkyl halides is 3. The summed E-state index contributed by atoms with van der Waals surface area (Å²) in [5, 5.41) is 25.1. The Kier molecular flexibility index (Phi) is 9.02. The number of anilines is 1. The van der Waals surface area contributed by atoms with Gasteiger partial charge in [-0.25, -0.2) is 9.78 Å². The molecule has 5 rings (SSSR count). The van der Waals surface area contributed by atoms with Crippen LogP contribution in [0.2, 0.25) is 0 Å². The average Bonchev–Trinajstić information content (AvgIpc) is 3.55. The van der Waals surface area contributed by atoms with Gasteiger partial charge in [-0.15, -0.1) is 0 Å². The summed E-state index contributed by atoms with van der Waals surface area (Å²) in [7, 11) is 0. The molecule has 1 unspecified atom stereocenters. The lowest BCUT2D eigenvalue weighted by atomic mass is 10.0. The summed E-state index contributed by atoms with van der Waals surface area (Å²) in [6.45, 7) is 0.980. The van der Waals surface area contributed by atoms with Crippen LogP contribution in [0, 0.1) is 0 Å². The second kappa shape index (κ2) is 12.6. The summed E-state index contributed by atoms with van der Waals surface area (Å²) >= 11 is 0. The SMILES string of the molecule is O=C(O)C(CCc1nc(CCCc2ccc3c(n2)NCCC3)no1)c1cc2ccccc2o1.O=C(O)C(F)(F)F. The minimum Gasteiger partial charge on any atom is -0.481 e. The fraction of sp³-hybridized carbons (Fsp3) is 0.370. The number of hydrogen-bond acceptors (Lipinski definition) is 8. The first-order valence-electron chi connectivity index (χ1n) is 12.7. The number of aryl methyl sites for hydroxylation is 4. The number of nitrogens with zero attached hydrogens (tertiary/aromatic N) is 3. The van der Waals surface area contributed by atoms with Crippen LogP contribution in [0.4, 0.5) is 19.0 Å². The number of carbonyl (C=O) groups is 2. The molecule has 1 atom stereocenters. The Hall–Kier alpha value is -4.42. The zero-order valence-corrected chi connectivity index (χ0v) is 21.3. The first-order valence-corrected chi connectivity index (χ1v) is 12.7. The third kappa shape index (κ3) is 7.58. The van der Waals surface area contributed by atoms with E-state index in [1.54, 1.807) is 6.07 Å². The molecule has 1 aliphatic heterocycles. The number of carboxylic acid groups (broad SMARTS) is 2. The lowest BCUT2D eigenvalue weighted by Gasteiger charge is -2.17. The Morgan fingerprint density at radius 1 is 1.05 bits per heavy atom. The average molecular weight is 561 g/mol. The van der Waals surface area contributed by atoms with Crippen molar-refractivity contribution in [2.75, 3.05) is 11.9 Å². The molecule has 0 spiro atoms. The van der Waals surface area contributed by atoms with E-state index in [0.717, 1.165) is 49.1 Å². The number of rotatable bonds is 9. The maximum atomic E-state index is 11.8. The van der Waals surface area contributed by atoms with E-state index in [1.165, 1.54) is 5.56 Å². The molecule has 13 heteroatoms. The van der Waals surface area contributed by atoms with Gasteiger partial charge in [-0.1, -0.05) is 29.4 Å². The van der Waals surface area contributed by atoms with Crippen molar-refractivity contribution in [3.05, 3.63) is 71.2 Å². The second-order valence-electron chi connectivity index (χ2n) is 9.22. The number of fused-ring (bicyclic) bond motifs is 2. The van der Waals surface area contributed by atoms with Gasteiger partial charge in [0.05, 0.1) is 0 Å². The monoisotopic (exact) mass is 560 g/mol. The summed E-state index contributed by atoms with van der Waals surface area (Å²) in [5.41, 5.74) is 3.03. The van der Waals surface area contributed by atoms with Gasteiger partial charge in [-0.3, -0.25) is 4.79 Å². The number of aliphatic carboxylic acids is 2. The molecular formula is C27H27F3N4O6. The Bertz CT molecular complexity index is 1430. The minimum absolute atomic E-state index is 0.322. The summed E-state index contributed by atoms with van der Waals surface area (Å²) < 4.78 is 42.8. The summed E-state index contributed by atoms with van der Waals surface area (Å²) in [6, 6.07) is 13.5. The molecule has 1 aromatic carbocycles. The molecule has 0 amide bonds. The van der Waals surface area contributed by atoms with Crippen molar-refractivity contribution in [1.29, 1.82) is 0 Å². The van der Waals surface area contributed by atoms with E-state index < -0.39 is 24.0 Å². The van der Waals surface area contributed by atoms with Gasteiger partial charge in [0.15, 0.2) is 5.82 Å². The highest BCUT2D eigenvalue weighted by atomic mass is 19.4. The van der Waals surface area contributed by atoms with Crippen LogP contribution in [-0.2, 0) is 35.3 Å². The number of pyridine rings is 1. The van der Waals surface area contributed by atoms with Crippen LogP contribution in [-0.4, -0.2) is 50.0 Å². The van der Waals surface area contributed by atoms with Gasteiger partial charge >= 0.3 is 18.1 Å². The number of furan rings is 1. The van der Waals surface area contributed by atoms with Gasteiger partial charge in [-0.2, -0.15) is 18.2 Å². The molecule has 10 nitrogen and oxygen atoms in total. The normalized spacial score (nSPS) is 13.6. The van der Waals surface area contributed by atoms with Gasteiger partial charge < -0.3 is 24.5 Å². The zero-order valence-electron chi connectivity index (χ0n) is 21.3. The van der Waals surface area contributed by atoms with Gasteiger partial charge in [0, 0.05) is 30.5 Å². The van der Waals surface area contributed by atoms with Gasteiger partial charge in [0.1, 0.15) is 23.1 Å². The van der Waals surface area contributed by atoms with E-state index in [1.807, 2.05) is 24.3 Å². The molecule has 3 aromatic heterocycles. The van der Waals surface area contributed by atoms with Gasteiger partial charge in [0.2, 0.25) is 5.89 Å². The fourth-order valence-corrected chi connectivity index (χ4v) is 4.26. The van der Waals surface area contributed by atoms with Crippen LogP contribution in [0.25, 0.3) is 11.0 Å². The highest BCUT2D eigenvalue weighted by Gasteiger charge is 2.38. The number of halogens is 3. The maximum absolute atomic E-state index is 11.8. The van der Waals surface area contributed by atoms with E-state index in [-0.39, 0.29) is 0 Å². The topological polar surface area (TPSA) is 152 Å². The van der Waals surface area contributed by atoms with Crippen molar-refractivity contribution in [1.82, 2.24) is 15.1 Å². The van der Waals surface area contributed by atoms with Crippen molar-refractivity contribution in [2.24, 2.45) is 0 Å². The third-order valence-electron chi connectivity index (χ3n) is 6.27. The minimum atomic E-state index is -5.08. The zero-order chi connectivity index (χ0) is 28.7. The Morgan fingerprint density at radius 2 is 1.82 bits per heavy atom. The van der Waals surface area contributed by atoms with Crippen LogP contribution in [0.5, 0.6) is 0 Å². The molecular weight excluding hydrogens is 533 g/mol. The van der Waals surface area contributed by atoms with Crippen molar-refractivity contribution in [2.45, 2.75) is 57.0 Å². The highest BCUT2D eigenvalue weighted by molar-refractivity contribution is 5.81. The van der Waals surface area contributed by atoms with E-state index in [4.69, 9.17) is 23.8 Å². The number of carboxylic acids is 2. The quantitative estimate of drug-likeness (QED) is 0.250. The summed E-state index contributed by atoms with van der Waals surface area (Å²) in [4.78, 5) is 29.9. The first kappa shape index (κ1) is 28.6. The van der Waals surface area contributed by atoms with Crippen molar-refractivity contribution in [3.63, 3.8) is 0 Å². The smallest absolute Gasteiger partial charge is 0.481 e. The summed E-state index contributed by atoms with van der Waals surface area (Å²) in [5.74, 6) is -1.92. The fourth-order valence-electron chi connectivity index (χ4n) is 4.26. The summed E-state index contributed by atoms with van der Waals surface area (Å²) in [6.07, 6.45) is 0.233. The van der Waals surface area contributed by atoms with Crippen LogP contribution in [0.15, 0.2) is 51.4 Å². The lowest BCUT2D eigenvalue weighted by Crippen LogP contribution is -2.21. The predicted molar refractivity (Wildman–Crippen MR) is 136 cm³/mol. The molecule has 0 aliphatic carbocycles. The van der Waals surface area contributed by atoms with Crippen LogP contribution in [0.1, 0.15) is 53.9 Å². The number of para-hydroxylation sites is 1. The van der Waals surface area contributed by atoms with Crippen LogP contribution in [0.3, 0.4) is 0 Å². The number of aromatic nitrogens is 3. The van der Waals surface area contributed by atoms with E-state index in [0.29, 0.717) is 42.3 Å². The molecule has 1 aliphatic rings. The van der Waals surface area contributed by atoms with E-state index >= 15 is 0 Å². The Labute approximate surface area is 226 Å². The molecule has 212 valence electrons. The Balaban J connectivity index is 0.000000470. The first-order chi connectivity index (χ1) is 19.1. The Morgan fingerprint density at radius 3 is 2.55 bits per heavy atom. The highest BCUT2D eigenvalue weighted by Crippen LogP contribution is 2.28. The molecule has 40 heavy (non-hydrogen) atoms. The lowest BCUT2D eigenvalue weighted by molar-refractivity contribution is -0.192. The third-order valence-corrected chi connectivity index (χ3v) is 6.27. The number of hydrogen-bond donors (Lipinski definition) is 3. The van der Waals surface area contributed by atoms with E-state index in [2.05, 4.69) is 27.6 Å². The van der Waals surface area contributed by atoms with Gasteiger partial charge in [-0.05, 0) is 55.9 Å². The molecule has 0 bridgehead atoms. The second-order valence-corrected chi connectivity index (χ2v) is 9.22. The number of nitrogens with one attached hydrogen (secondary N) is 1. The van der Waals surface area contributed by atoms with Crippen molar-refractivity contribution < 1.29 is 41.9 Å². The maximum Gasteiger partial charge on any atom is 0.490 e. The largest absolute Gasteiger partial charge is 0.490 e. The van der Waals surface area contributed by atoms with Crippen LogP contribution < -0.4 is 5.32 Å². The molecule has 0 fully saturated rings. The van der Waals surface area contributed by atoms with Crippen LogP contribution >= 0.6 is 0 Å². The molecule has 0 saturated heterocycles.